The summed E-state index contributed by atoms with van der Waals surface area (Å²) in [6.45, 7) is 4.46. The Kier molecular flexibility index (Phi) is 4.85. The van der Waals surface area contributed by atoms with Gasteiger partial charge in [0.2, 0.25) is 5.95 Å². The summed E-state index contributed by atoms with van der Waals surface area (Å²) in [5.41, 5.74) is 0.149. The van der Waals surface area contributed by atoms with Crippen LogP contribution in [0.2, 0.25) is 0 Å². The number of halogens is 1. The fourth-order valence-corrected chi connectivity index (χ4v) is 1.10. The molecular weight excluding hydrogens is 213 g/mol. The molecule has 0 aliphatic rings. The summed E-state index contributed by atoms with van der Waals surface area (Å²) >= 11 is 0. The quantitative estimate of drug-likeness (QED) is 0.568. The Hall–Kier alpha value is -1.49. The number of rotatable bonds is 5. The second-order valence-corrected chi connectivity index (χ2v) is 3.24. The van der Waals surface area contributed by atoms with Crippen LogP contribution in [0, 0.1) is 5.95 Å². The molecule has 16 heavy (non-hydrogen) atoms. The molecule has 0 fully saturated rings. The van der Waals surface area contributed by atoms with Crippen LogP contribution in [-0.2, 0) is 9.47 Å². The SMILES string of the molecule is CCOCC(C)OC(=O)c1ccnc(F)c1. The Morgan fingerprint density at radius 2 is 2.38 bits per heavy atom. The lowest BCUT2D eigenvalue weighted by Gasteiger charge is -2.12. The van der Waals surface area contributed by atoms with Crippen molar-refractivity contribution in [2.45, 2.75) is 20.0 Å². The molecular formula is C11H14FNO3. The van der Waals surface area contributed by atoms with Crippen LogP contribution >= 0.6 is 0 Å². The summed E-state index contributed by atoms with van der Waals surface area (Å²) in [6, 6.07) is 2.44. The average molecular weight is 227 g/mol. The molecule has 1 aromatic heterocycles. The van der Waals surface area contributed by atoms with Crippen LogP contribution in [-0.4, -0.2) is 30.3 Å². The van der Waals surface area contributed by atoms with Gasteiger partial charge in [-0.25, -0.2) is 9.78 Å². The van der Waals surface area contributed by atoms with Gasteiger partial charge in [0.1, 0.15) is 6.10 Å². The summed E-state index contributed by atoms with van der Waals surface area (Å²) in [5, 5.41) is 0. The van der Waals surface area contributed by atoms with Gasteiger partial charge in [0.25, 0.3) is 0 Å². The predicted octanol–water partition coefficient (Wildman–Crippen LogP) is 1.80. The van der Waals surface area contributed by atoms with E-state index in [0.29, 0.717) is 13.2 Å². The van der Waals surface area contributed by atoms with E-state index in [0.717, 1.165) is 6.07 Å². The number of esters is 1. The van der Waals surface area contributed by atoms with Crippen molar-refractivity contribution >= 4 is 5.97 Å². The monoisotopic (exact) mass is 227 g/mol. The van der Waals surface area contributed by atoms with Gasteiger partial charge in [0.15, 0.2) is 0 Å². The number of carbonyl (C=O) groups excluding carboxylic acids is 1. The summed E-state index contributed by atoms with van der Waals surface area (Å²) in [6.07, 6.45) is 0.864. The number of pyridine rings is 1. The summed E-state index contributed by atoms with van der Waals surface area (Å²) < 4.78 is 22.9. The van der Waals surface area contributed by atoms with Crippen LogP contribution in [0.5, 0.6) is 0 Å². The van der Waals surface area contributed by atoms with Gasteiger partial charge in [-0.3, -0.25) is 0 Å². The highest BCUT2D eigenvalue weighted by molar-refractivity contribution is 5.89. The third-order valence-corrected chi connectivity index (χ3v) is 1.83. The molecule has 1 atom stereocenters. The molecule has 0 saturated carbocycles. The van der Waals surface area contributed by atoms with Gasteiger partial charge in [-0.15, -0.1) is 0 Å². The number of ether oxygens (including phenoxy) is 2. The van der Waals surface area contributed by atoms with E-state index < -0.39 is 11.9 Å². The van der Waals surface area contributed by atoms with Gasteiger partial charge in [-0.05, 0) is 19.9 Å². The van der Waals surface area contributed by atoms with Gasteiger partial charge in [0.05, 0.1) is 12.2 Å². The molecule has 1 aromatic rings. The molecule has 0 radical (unpaired) electrons. The topological polar surface area (TPSA) is 48.4 Å². The smallest absolute Gasteiger partial charge is 0.338 e. The van der Waals surface area contributed by atoms with E-state index in [9.17, 15) is 9.18 Å². The van der Waals surface area contributed by atoms with E-state index in [1.807, 2.05) is 6.92 Å². The van der Waals surface area contributed by atoms with Crippen molar-refractivity contribution in [3.8, 4) is 0 Å². The fourth-order valence-electron chi connectivity index (χ4n) is 1.10. The minimum atomic E-state index is -0.702. The summed E-state index contributed by atoms with van der Waals surface area (Å²) in [4.78, 5) is 14.9. The zero-order valence-electron chi connectivity index (χ0n) is 9.27. The van der Waals surface area contributed by atoms with E-state index in [2.05, 4.69) is 4.98 Å². The van der Waals surface area contributed by atoms with Crippen LogP contribution in [0.25, 0.3) is 0 Å². The molecule has 0 aliphatic carbocycles. The average Bonchev–Trinajstić information content (AvgIpc) is 2.26. The number of aromatic nitrogens is 1. The van der Waals surface area contributed by atoms with E-state index in [1.165, 1.54) is 12.3 Å². The minimum absolute atomic E-state index is 0.149. The van der Waals surface area contributed by atoms with Crippen LogP contribution in [0.15, 0.2) is 18.3 Å². The van der Waals surface area contributed by atoms with Crippen molar-refractivity contribution < 1.29 is 18.7 Å². The highest BCUT2D eigenvalue weighted by Crippen LogP contribution is 2.05. The second kappa shape index (κ2) is 6.17. The Balaban J connectivity index is 2.52. The minimum Gasteiger partial charge on any atom is -0.457 e. The largest absolute Gasteiger partial charge is 0.457 e. The molecule has 1 unspecified atom stereocenters. The standard InChI is InChI=1S/C11H14FNO3/c1-3-15-7-8(2)16-11(14)9-4-5-13-10(12)6-9/h4-6,8H,3,7H2,1-2H3. The Labute approximate surface area is 93.4 Å². The first kappa shape index (κ1) is 12.6. The highest BCUT2D eigenvalue weighted by atomic mass is 19.1. The van der Waals surface area contributed by atoms with E-state index in [4.69, 9.17) is 9.47 Å². The van der Waals surface area contributed by atoms with E-state index in [-0.39, 0.29) is 11.7 Å². The maximum atomic E-state index is 12.7. The number of hydrogen-bond donors (Lipinski definition) is 0. The molecule has 0 bridgehead atoms. The van der Waals surface area contributed by atoms with Gasteiger partial charge in [-0.1, -0.05) is 0 Å². The molecule has 0 N–H and O–H groups in total. The normalized spacial score (nSPS) is 12.2. The summed E-state index contributed by atoms with van der Waals surface area (Å²) in [5.74, 6) is -1.28. The third kappa shape index (κ3) is 3.94. The van der Waals surface area contributed by atoms with E-state index >= 15 is 0 Å². The lowest BCUT2D eigenvalue weighted by atomic mass is 10.3. The Bertz CT molecular complexity index is 357. The van der Waals surface area contributed by atoms with Crippen molar-refractivity contribution in [3.63, 3.8) is 0 Å². The zero-order chi connectivity index (χ0) is 12.0. The van der Waals surface area contributed by atoms with E-state index in [1.54, 1.807) is 6.92 Å². The van der Waals surface area contributed by atoms with Crippen LogP contribution in [0.4, 0.5) is 4.39 Å². The van der Waals surface area contributed by atoms with Crippen molar-refractivity contribution in [3.05, 3.63) is 29.8 Å². The van der Waals surface area contributed by atoms with Crippen molar-refractivity contribution in [2.24, 2.45) is 0 Å². The predicted molar refractivity (Wildman–Crippen MR) is 55.6 cm³/mol. The lowest BCUT2D eigenvalue weighted by Crippen LogP contribution is -2.20. The molecule has 0 spiro atoms. The molecule has 0 aromatic carbocycles. The molecule has 1 rings (SSSR count). The summed E-state index contributed by atoms with van der Waals surface area (Å²) in [7, 11) is 0. The molecule has 5 heteroatoms. The van der Waals surface area contributed by atoms with Gasteiger partial charge < -0.3 is 9.47 Å². The van der Waals surface area contributed by atoms with Gasteiger partial charge >= 0.3 is 5.97 Å². The Morgan fingerprint density at radius 3 is 3.00 bits per heavy atom. The lowest BCUT2D eigenvalue weighted by molar-refractivity contribution is 0.00434. The third-order valence-electron chi connectivity index (χ3n) is 1.83. The molecule has 0 amide bonds. The first-order valence-electron chi connectivity index (χ1n) is 5.03. The molecule has 0 aliphatic heterocycles. The van der Waals surface area contributed by atoms with Crippen LogP contribution < -0.4 is 0 Å². The number of hydrogen-bond acceptors (Lipinski definition) is 4. The zero-order valence-corrected chi connectivity index (χ0v) is 9.27. The highest BCUT2D eigenvalue weighted by Gasteiger charge is 2.12. The maximum absolute atomic E-state index is 12.7. The van der Waals surface area contributed by atoms with Crippen molar-refractivity contribution in [1.82, 2.24) is 4.98 Å². The number of carbonyl (C=O) groups is 1. The van der Waals surface area contributed by atoms with Crippen molar-refractivity contribution in [1.29, 1.82) is 0 Å². The first-order chi connectivity index (χ1) is 7.63. The van der Waals surface area contributed by atoms with Gasteiger partial charge in [0, 0.05) is 18.9 Å². The molecule has 4 nitrogen and oxygen atoms in total. The van der Waals surface area contributed by atoms with Crippen LogP contribution in [0.3, 0.4) is 0 Å². The Morgan fingerprint density at radius 1 is 1.62 bits per heavy atom. The van der Waals surface area contributed by atoms with Crippen LogP contribution in [0.1, 0.15) is 24.2 Å². The maximum Gasteiger partial charge on any atom is 0.338 e. The second-order valence-electron chi connectivity index (χ2n) is 3.24. The number of nitrogens with zero attached hydrogens (tertiary/aromatic N) is 1. The van der Waals surface area contributed by atoms with Gasteiger partial charge in [-0.2, -0.15) is 4.39 Å². The molecule has 88 valence electrons. The fraction of sp³-hybridized carbons (Fsp3) is 0.455. The molecule has 1 heterocycles. The molecule has 0 saturated heterocycles. The van der Waals surface area contributed by atoms with Crippen molar-refractivity contribution in [2.75, 3.05) is 13.2 Å². The first-order valence-corrected chi connectivity index (χ1v) is 5.03.